The lowest BCUT2D eigenvalue weighted by Gasteiger charge is -2.11. The Kier molecular flexibility index (Phi) is 4.77. The molecule has 1 N–H and O–H groups in total. The van der Waals surface area contributed by atoms with E-state index in [2.05, 4.69) is 10.1 Å². The average molecular weight is 419 g/mol. The Morgan fingerprint density at radius 1 is 1.19 bits per heavy atom. The lowest BCUT2D eigenvalue weighted by molar-refractivity contribution is 0.276. The van der Waals surface area contributed by atoms with Gasteiger partial charge in [0.15, 0.2) is 5.75 Å². The summed E-state index contributed by atoms with van der Waals surface area (Å²) < 4.78 is 14.8. The van der Waals surface area contributed by atoms with Gasteiger partial charge in [-0.1, -0.05) is 0 Å². The summed E-state index contributed by atoms with van der Waals surface area (Å²) in [7, 11) is 1.59. The minimum Gasteiger partial charge on any atom is -0.494 e. The molecule has 1 saturated carbocycles. The number of rotatable bonds is 7. The summed E-state index contributed by atoms with van der Waals surface area (Å²) in [6.45, 7) is 5.43. The van der Waals surface area contributed by atoms with E-state index >= 15 is 0 Å². The molecule has 0 radical (unpaired) electrons. The van der Waals surface area contributed by atoms with Gasteiger partial charge in [0.05, 0.1) is 42.2 Å². The summed E-state index contributed by atoms with van der Waals surface area (Å²) in [5.41, 5.74) is 4.02. The predicted molar refractivity (Wildman–Crippen MR) is 117 cm³/mol. The maximum Gasteiger partial charge on any atom is 0.256 e. The van der Waals surface area contributed by atoms with Crippen molar-refractivity contribution in [1.29, 1.82) is 0 Å². The molecule has 5 rings (SSSR count). The first kappa shape index (κ1) is 19.4. The van der Waals surface area contributed by atoms with E-state index in [1.807, 2.05) is 43.1 Å². The SMILES string of the molecule is CCn1cc(-n2cc3nc(-c4cnc(OC)c(OCC5CC5)c4)cc(C)c3c2O)cn1. The van der Waals surface area contributed by atoms with E-state index in [9.17, 15) is 5.11 Å². The van der Waals surface area contributed by atoms with Crippen LogP contribution in [0.1, 0.15) is 25.3 Å². The molecule has 8 heteroatoms. The van der Waals surface area contributed by atoms with Crippen LogP contribution in [-0.2, 0) is 6.54 Å². The normalized spacial score (nSPS) is 13.6. The third-order valence-corrected chi connectivity index (χ3v) is 5.65. The highest BCUT2D eigenvalue weighted by Gasteiger charge is 2.23. The Morgan fingerprint density at radius 3 is 2.74 bits per heavy atom. The van der Waals surface area contributed by atoms with E-state index in [1.165, 1.54) is 12.8 Å². The van der Waals surface area contributed by atoms with Crippen LogP contribution >= 0.6 is 0 Å². The van der Waals surface area contributed by atoms with Crippen LogP contribution in [0.4, 0.5) is 0 Å². The lowest BCUT2D eigenvalue weighted by Crippen LogP contribution is -2.02. The smallest absolute Gasteiger partial charge is 0.256 e. The number of aromatic hydroxyl groups is 1. The third-order valence-electron chi connectivity index (χ3n) is 5.65. The van der Waals surface area contributed by atoms with Crippen LogP contribution in [0.5, 0.6) is 17.5 Å². The highest BCUT2D eigenvalue weighted by Crippen LogP contribution is 2.36. The van der Waals surface area contributed by atoms with Gasteiger partial charge < -0.3 is 14.6 Å². The number of aryl methyl sites for hydroxylation is 2. The summed E-state index contributed by atoms with van der Waals surface area (Å²) in [5, 5.41) is 15.9. The zero-order valence-electron chi connectivity index (χ0n) is 17.9. The van der Waals surface area contributed by atoms with Crippen LogP contribution < -0.4 is 9.47 Å². The van der Waals surface area contributed by atoms with Crippen molar-refractivity contribution in [3.8, 4) is 34.5 Å². The number of pyridine rings is 2. The van der Waals surface area contributed by atoms with Crippen molar-refractivity contribution in [2.75, 3.05) is 13.7 Å². The Hall–Kier alpha value is -3.55. The van der Waals surface area contributed by atoms with Crippen LogP contribution in [0.25, 0.3) is 27.8 Å². The van der Waals surface area contributed by atoms with E-state index in [0.29, 0.717) is 29.7 Å². The Bertz CT molecular complexity index is 1260. The fourth-order valence-electron chi connectivity index (χ4n) is 3.70. The van der Waals surface area contributed by atoms with Crippen molar-refractivity contribution in [3.05, 3.63) is 42.5 Å². The van der Waals surface area contributed by atoms with E-state index in [-0.39, 0.29) is 5.88 Å². The maximum atomic E-state index is 10.8. The molecule has 0 aliphatic heterocycles. The number of ether oxygens (including phenoxy) is 2. The van der Waals surface area contributed by atoms with Crippen LogP contribution in [0.2, 0.25) is 0 Å². The van der Waals surface area contributed by atoms with E-state index in [4.69, 9.17) is 14.5 Å². The molecule has 0 bridgehead atoms. The second-order valence-electron chi connectivity index (χ2n) is 7.95. The molecule has 0 aromatic carbocycles. The summed E-state index contributed by atoms with van der Waals surface area (Å²) in [6, 6.07) is 3.87. The van der Waals surface area contributed by atoms with Crippen molar-refractivity contribution in [2.24, 2.45) is 5.92 Å². The molecule has 4 aromatic heterocycles. The molecule has 160 valence electrons. The zero-order chi connectivity index (χ0) is 21.5. The van der Waals surface area contributed by atoms with Crippen LogP contribution in [0, 0.1) is 12.8 Å². The number of methoxy groups -OCH3 is 1. The van der Waals surface area contributed by atoms with Gasteiger partial charge in [-0.25, -0.2) is 9.97 Å². The molecule has 0 atom stereocenters. The van der Waals surface area contributed by atoms with E-state index < -0.39 is 0 Å². The van der Waals surface area contributed by atoms with Crippen molar-refractivity contribution in [1.82, 2.24) is 24.3 Å². The van der Waals surface area contributed by atoms with Gasteiger partial charge in [-0.2, -0.15) is 5.10 Å². The molecule has 4 heterocycles. The molecule has 1 aliphatic carbocycles. The van der Waals surface area contributed by atoms with Crippen molar-refractivity contribution in [3.63, 3.8) is 0 Å². The molecule has 1 fully saturated rings. The van der Waals surface area contributed by atoms with Gasteiger partial charge in [0.2, 0.25) is 5.88 Å². The average Bonchev–Trinajstić information content (AvgIpc) is 3.38. The van der Waals surface area contributed by atoms with E-state index in [0.717, 1.165) is 34.4 Å². The number of aromatic nitrogens is 5. The second-order valence-corrected chi connectivity index (χ2v) is 7.95. The van der Waals surface area contributed by atoms with Gasteiger partial charge in [0.25, 0.3) is 5.88 Å². The second kappa shape index (κ2) is 7.61. The largest absolute Gasteiger partial charge is 0.494 e. The van der Waals surface area contributed by atoms with Crippen LogP contribution in [0.15, 0.2) is 36.9 Å². The molecule has 0 amide bonds. The van der Waals surface area contributed by atoms with Gasteiger partial charge in [-0.15, -0.1) is 0 Å². The first-order chi connectivity index (χ1) is 15.1. The molecule has 8 nitrogen and oxygen atoms in total. The number of nitrogens with zero attached hydrogens (tertiary/aromatic N) is 5. The van der Waals surface area contributed by atoms with Crippen LogP contribution in [-0.4, -0.2) is 43.1 Å². The van der Waals surface area contributed by atoms with Crippen molar-refractivity contribution < 1.29 is 14.6 Å². The lowest BCUT2D eigenvalue weighted by atomic mass is 10.1. The topological polar surface area (TPSA) is 87.2 Å². The summed E-state index contributed by atoms with van der Waals surface area (Å²) in [4.78, 5) is 9.21. The molecule has 0 saturated heterocycles. The Balaban J connectivity index is 1.55. The first-order valence-corrected chi connectivity index (χ1v) is 10.5. The quantitative estimate of drug-likeness (QED) is 0.485. The highest BCUT2D eigenvalue weighted by molar-refractivity contribution is 5.90. The minimum absolute atomic E-state index is 0.156. The fourth-order valence-corrected chi connectivity index (χ4v) is 3.70. The summed E-state index contributed by atoms with van der Waals surface area (Å²) in [6.07, 6.45) is 9.62. The van der Waals surface area contributed by atoms with Crippen molar-refractivity contribution >= 4 is 10.9 Å². The zero-order valence-corrected chi connectivity index (χ0v) is 17.9. The summed E-state index contributed by atoms with van der Waals surface area (Å²) in [5.74, 6) is 1.88. The van der Waals surface area contributed by atoms with Gasteiger partial charge in [0.1, 0.15) is 0 Å². The Labute approximate surface area is 180 Å². The standard InChI is InChI=1S/C23H25N5O3/c1-4-27-11-17(10-25-27)28-12-19-21(23(28)29)14(2)7-18(26-19)16-8-20(22(30-3)24-9-16)31-13-15-5-6-15/h7-12,15,29H,4-6,13H2,1-3H3. The summed E-state index contributed by atoms with van der Waals surface area (Å²) >= 11 is 0. The fraction of sp³-hybridized carbons (Fsp3) is 0.348. The maximum absolute atomic E-state index is 10.8. The molecular formula is C23H25N5O3. The Morgan fingerprint density at radius 2 is 2.03 bits per heavy atom. The van der Waals surface area contributed by atoms with Crippen molar-refractivity contribution in [2.45, 2.75) is 33.2 Å². The highest BCUT2D eigenvalue weighted by atomic mass is 16.5. The van der Waals surface area contributed by atoms with Crippen LogP contribution in [0.3, 0.4) is 0 Å². The number of hydrogen-bond acceptors (Lipinski definition) is 6. The van der Waals surface area contributed by atoms with Gasteiger partial charge in [-0.3, -0.25) is 9.25 Å². The molecule has 0 unspecified atom stereocenters. The molecule has 4 aromatic rings. The van der Waals surface area contributed by atoms with Gasteiger partial charge in [-0.05, 0) is 50.3 Å². The van der Waals surface area contributed by atoms with Gasteiger partial charge in [0, 0.05) is 30.7 Å². The first-order valence-electron chi connectivity index (χ1n) is 10.5. The molecule has 31 heavy (non-hydrogen) atoms. The number of fused-ring (bicyclic) bond motifs is 1. The monoisotopic (exact) mass is 419 g/mol. The number of hydrogen-bond donors (Lipinski definition) is 1. The molecule has 1 aliphatic rings. The molecule has 0 spiro atoms. The third kappa shape index (κ3) is 3.58. The predicted octanol–water partition coefficient (Wildman–Crippen LogP) is 4.12. The van der Waals surface area contributed by atoms with Gasteiger partial charge >= 0.3 is 0 Å². The van der Waals surface area contributed by atoms with E-state index in [1.54, 1.807) is 24.1 Å². The minimum atomic E-state index is 0.156. The molecular weight excluding hydrogens is 394 g/mol.